The summed E-state index contributed by atoms with van der Waals surface area (Å²) in [5.41, 5.74) is 17.4. The highest BCUT2D eigenvalue weighted by atomic mass is 16.4. The monoisotopic (exact) mass is 1160 g/mol. The van der Waals surface area contributed by atoms with Crippen molar-refractivity contribution in [1.29, 1.82) is 10.8 Å². The lowest BCUT2D eigenvalue weighted by molar-refractivity contribution is -0.149. The van der Waals surface area contributed by atoms with Crippen molar-refractivity contribution in [3.8, 4) is 5.75 Å². The number of phenols is 1. The van der Waals surface area contributed by atoms with Gasteiger partial charge in [-0.25, -0.2) is 4.79 Å². The van der Waals surface area contributed by atoms with E-state index in [0.29, 0.717) is 17.5 Å². The Kier molecular flexibility index (Phi) is 26.4. The first-order valence-electron chi connectivity index (χ1n) is 27.4. The maximum Gasteiger partial charge on any atom is 0.326 e. The van der Waals surface area contributed by atoms with Gasteiger partial charge in [0.25, 0.3) is 0 Å². The van der Waals surface area contributed by atoms with Crippen LogP contribution in [0.4, 0.5) is 0 Å². The molecule has 1 heterocycles. The summed E-state index contributed by atoms with van der Waals surface area (Å²) in [7, 11) is 0. The number of carbonyl (C=O) groups excluding carboxylic acids is 9. The Labute approximate surface area is 480 Å². The maximum atomic E-state index is 14.3. The number of carboxylic acid groups (broad SMARTS) is 1. The fourth-order valence-electron chi connectivity index (χ4n) is 9.09. The van der Waals surface area contributed by atoms with Crippen molar-refractivity contribution < 1.29 is 58.2 Å². The van der Waals surface area contributed by atoms with Crippen LogP contribution in [0.3, 0.4) is 0 Å². The number of fused-ring (bicyclic) bond motifs is 1. The molecule has 452 valence electrons. The normalized spacial score (nSPS) is 15.0. The number of benzene rings is 3. The standard InChI is InChI=1S/C55H80N16O12/c1-30(2)45(70-48(77)38(13-8-22-62-55(59)60)66-49(78)39(25-32-16-19-36(72)20-17-32)67-51(80)46(31(3)4)69-44(75)28-63-42(73)27-56)50(79)64-29-43(74)65-37(12-7-21-61-54(57)58)47(76)68-40(52(81)71-23-9-14-41(71)53(82)83)26-33-15-18-34-10-5-6-11-35(34)24-33/h5-6,10-11,15-20,24,30-31,37-41,45-46,72H,7-9,12-14,21-23,25-29,56H2,1-4H3,(H,63,73)(H,64,79)(H,65,74)(H,66,78)(H,67,80)(H,68,76)(H,69,75)(H,70,77)(H,82,83)(H4,57,58,61)(H4,59,60,62)/t37-,38-,39+,40+,41-,45+,46+/m0/s1. The number of hydrogen-bond acceptors (Lipinski definition) is 14. The summed E-state index contributed by atoms with van der Waals surface area (Å²) in [5.74, 6) is -10.1. The van der Waals surface area contributed by atoms with Crippen molar-refractivity contribution >= 4 is 81.8 Å². The lowest BCUT2D eigenvalue weighted by atomic mass is 9.99. The van der Waals surface area contributed by atoms with Gasteiger partial charge in [0.15, 0.2) is 11.9 Å². The predicted molar refractivity (Wildman–Crippen MR) is 306 cm³/mol. The molecule has 0 saturated carbocycles. The number of nitrogens with one attached hydrogen (secondary N) is 12. The third kappa shape index (κ3) is 22.1. The van der Waals surface area contributed by atoms with Gasteiger partial charge in [0.1, 0.15) is 48.0 Å². The Hall–Kier alpha value is -9.08. The van der Waals surface area contributed by atoms with E-state index in [9.17, 15) is 58.2 Å². The van der Waals surface area contributed by atoms with Crippen molar-refractivity contribution in [1.82, 2.24) is 58.1 Å². The zero-order valence-corrected chi connectivity index (χ0v) is 47.1. The van der Waals surface area contributed by atoms with Crippen molar-refractivity contribution in [2.75, 3.05) is 39.3 Å². The number of aliphatic carboxylic acids is 1. The van der Waals surface area contributed by atoms with Crippen LogP contribution in [0.15, 0.2) is 66.7 Å². The van der Waals surface area contributed by atoms with Gasteiger partial charge < -0.3 is 85.5 Å². The van der Waals surface area contributed by atoms with Gasteiger partial charge in [0.05, 0.1) is 19.6 Å². The molecule has 7 atom stereocenters. The molecule has 0 bridgehead atoms. The average molecular weight is 1160 g/mol. The largest absolute Gasteiger partial charge is 0.508 e. The molecule has 0 unspecified atom stereocenters. The zero-order valence-electron chi connectivity index (χ0n) is 47.1. The molecule has 0 aliphatic carbocycles. The van der Waals surface area contributed by atoms with Crippen molar-refractivity contribution in [3.63, 3.8) is 0 Å². The number of likely N-dealkylation sites (tertiary alicyclic amines) is 1. The molecule has 83 heavy (non-hydrogen) atoms. The van der Waals surface area contributed by atoms with Crippen LogP contribution in [0, 0.1) is 22.7 Å². The van der Waals surface area contributed by atoms with E-state index in [1.54, 1.807) is 33.8 Å². The van der Waals surface area contributed by atoms with Crippen LogP contribution in [0.5, 0.6) is 5.75 Å². The molecule has 20 N–H and O–H groups in total. The number of amides is 9. The number of nitrogens with two attached hydrogens (primary N) is 3. The number of phenolic OH excluding ortho intramolecular Hbond substituents is 1. The van der Waals surface area contributed by atoms with E-state index in [1.165, 1.54) is 29.2 Å². The molecule has 4 rings (SSSR count). The molecule has 1 aliphatic rings. The molecule has 1 saturated heterocycles. The van der Waals surface area contributed by atoms with E-state index >= 15 is 0 Å². The average Bonchev–Trinajstić information content (AvgIpc) is 3.98. The fourth-order valence-corrected chi connectivity index (χ4v) is 9.09. The van der Waals surface area contributed by atoms with Gasteiger partial charge >= 0.3 is 5.97 Å². The van der Waals surface area contributed by atoms with Gasteiger partial charge in [-0.1, -0.05) is 82.3 Å². The second kappa shape index (κ2) is 33.0. The van der Waals surface area contributed by atoms with Crippen LogP contribution in [-0.2, 0) is 60.8 Å². The van der Waals surface area contributed by atoms with Crippen molar-refractivity contribution in [3.05, 3.63) is 77.9 Å². The molecule has 0 radical (unpaired) electrons. The van der Waals surface area contributed by atoms with Crippen molar-refractivity contribution in [2.45, 2.75) is 121 Å². The minimum atomic E-state index is -1.41. The summed E-state index contributed by atoms with van der Waals surface area (Å²) in [6.07, 6.45) is 0.645. The highest BCUT2D eigenvalue weighted by molar-refractivity contribution is 5.98. The highest BCUT2D eigenvalue weighted by Gasteiger charge is 2.39. The molecule has 3 aromatic rings. The number of carbonyl (C=O) groups is 10. The smallest absolute Gasteiger partial charge is 0.326 e. The van der Waals surface area contributed by atoms with E-state index in [2.05, 4.69) is 53.2 Å². The molecule has 0 aromatic heterocycles. The highest BCUT2D eigenvalue weighted by Crippen LogP contribution is 2.22. The molecule has 0 spiro atoms. The maximum absolute atomic E-state index is 14.3. The van der Waals surface area contributed by atoms with Crippen LogP contribution in [0.25, 0.3) is 10.8 Å². The second-order valence-electron chi connectivity index (χ2n) is 20.8. The zero-order chi connectivity index (χ0) is 61.3. The molecular formula is C55H80N16O12. The van der Waals surface area contributed by atoms with Crippen molar-refractivity contribution in [2.24, 2.45) is 29.0 Å². The van der Waals surface area contributed by atoms with Crippen LogP contribution in [-0.4, -0.2) is 168 Å². The van der Waals surface area contributed by atoms with E-state index in [1.807, 2.05) is 36.4 Å². The number of carboxylic acids is 1. The first-order valence-corrected chi connectivity index (χ1v) is 27.4. The predicted octanol–water partition coefficient (Wildman–Crippen LogP) is -2.66. The van der Waals surface area contributed by atoms with Crippen LogP contribution < -0.4 is 70.4 Å². The Balaban J connectivity index is 1.53. The minimum Gasteiger partial charge on any atom is -0.508 e. The second-order valence-corrected chi connectivity index (χ2v) is 20.8. The molecule has 28 nitrogen and oxygen atoms in total. The summed E-state index contributed by atoms with van der Waals surface area (Å²) < 4.78 is 0. The third-order valence-electron chi connectivity index (χ3n) is 13.5. The fraction of sp³-hybridized carbons (Fsp3) is 0.491. The topological polar surface area (TPSA) is 460 Å². The van der Waals surface area contributed by atoms with Gasteiger partial charge in [0, 0.05) is 32.5 Å². The first kappa shape index (κ1) is 66.4. The summed E-state index contributed by atoms with van der Waals surface area (Å²) in [5, 5.41) is 62.8. The molecular weight excluding hydrogens is 1080 g/mol. The van der Waals surface area contributed by atoms with Crippen LogP contribution in [0.1, 0.15) is 77.3 Å². The molecule has 1 aliphatic heterocycles. The molecule has 3 aromatic carbocycles. The summed E-state index contributed by atoms with van der Waals surface area (Å²) >= 11 is 0. The van der Waals surface area contributed by atoms with Crippen LogP contribution in [0.2, 0.25) is 0 Å². The third-order valence-corrected chi connectivity index (χ3v) is 13.5. The van der Waals surface area contributed by atoms with Gasteiger partial charge in [-0.05, 0) is 84.4 Å². The molecule has 9 amide bonds. The number of aromatic hydroxyl groups is 1. The van der Waals surface area contributed by atoms with Crippen LogP contribution >= 0.6 is 0 Å². The quantitative estimate of drug-likeness (QED) is 0.0172. The number of hydrogen-bond donors (Lipinski definition) is 17. The van der Waals surface area contributed by atoms with E-state index in [-0.39, 0.29) is 88.8 Å². The Morgan fingerprint density at radius 1 is 0.578 bits per heavy atom. The molecule has 28 heteroatoms. The number of nitrogens with zero attached hydrogens (tertiary/aromatic N) is 1. The number of guanidine groups is 2. The molecule has 1 fully saturated rings. The Bertz CT molecular complexity index is 2800. The summed E-state index contributed by atoms with van der Waals surface area (Å²) in [6, 6.07) is 9.76. The van der Waals surface area contributed by atoms with Gasteiger partial charge in [-0.15, -0.1) is 0 Å². The summed E-state index contributed by atoms with van der Waals surface area (Å²) in [6.45, 7) is 5.29. The Morgan fingerprint density at radius 2 is 1.08 bits per heavy atom. The van der Waals surface area contributed by atoms with Gasteiger partial charge in [-0.3, -0.25) is 54.0 Å². The lowest BCUT2D eigenvalue weighted by Crippen LogP contribution is -2.60. The van der Waals surface area contributed by atoms with E-state index in [4.69, 9.17) is 28.0 Å². The lowest BCUT2D eigenvalue weighted by Gasteiger charge is -2.29. The number of rotatable bonds is 32. The Morgan fingerprint density at radius 3 is 1.67 bits per heavy atom. The van der Waals surface area contributed by atoms with Gasteiger partial charge in [0.2, 0.25) is 53.2 Å². The van der Waals surface area contributed by atoms with E-state index in [0.717, 1.165) is 10.8 Å². The summed E-state index contributed by atoms with van der Waals surface area (Å²) in [4.78, 5) is 137. The first-order chi connectivity index (χ1) is 39.4. The minimum absolute atomic E-state index is 0.0279. The van der Waals surface area contributed by atoms with Gasteiger partial charge in [-0.2, -0.15) is 0 Å². The SMILES string of the molecule is CC(C)[C@@H](NC(=O)CNC(=O)CN)C(=O)N[C@H](Cc1ccc(O)cc1)C(=O)N[C@@H](CCCNC(=N)N)C(=O)N[C@@H](C(=O)NCC(=O)N[C@@H](CCCNC(=N)N)C(=O)N[C@H](Cc1ccc2ccccc2c1)C(=O)N1CCC[C@H]1C(=O)O)C(C)C. The van der Waals surface area contributed by atoms with E-state index < -0.39 is 126 Å².